The molecule has 0 saturated heterocycles. The van der Waals surface area contributed by atoms with E-state index in [1.165, 1.54) is 111 Å². The van der Waals surface area contributed by atoms with Crippen LogP contribution in [0.25, 0.3) is 66.8 Å². The Morgan fingerprint density at radius 2 is 0.632 bits per heavy atom. The van der Waals surface area contributed by atoms with Crippen LogP contribution in [-0.4, -0.2) is 0 Å². The van der Waals surface area contributed by atoms with Crippen LogP contribution in [-0.2, 0) is 16.2 Å². The van der Waals surface area contributed by atoms with Crippen molar-refractivity contribution in [2.24, 2.45) is 0 Å². The molecule has 68 heavy (non-hydrogen) atoms. The molecule has 10 aromatic carbocycles. The van der Waals surface area contributed by atoms with Crippen LogP contribution >= 0.6 is 0 Å². The lowest BCUT2D eigenvalue weighted by Crippen LogP contribution is -2.26. The molecule has 0 radical (unpaired) electrons. The van der Waals surface area contributed by atoms with E-state index in [9.17, 15) is 0 Å². The Morgan fingerprint density at radius 1 is 0.250 bits per heavy atom. The summed E-state index contributed by atoms with van der Waals surface area (Å²) >= 11 is 0. The number of hydrogen-bond acceptors (Lipinski definition) is 1. The number of para-hydroxylation sites is 1. The van der Waals surface area contributed by atoms with Crippen molar-refractivity contribution in [3.05, 3.63) is 269 Å². The first-order chi connectivity index (χ1) is 33.2. The van der Waals surface area contributed by atoms with Crippen molar-refractivity contribution in [2.75, 3.05) is 4.90 Å². The average molecular weight is 868 g/mol. The number of benzene rings is 10. The van der Waals surface area contributed by atoms with Gasteiger partial charge in [-0.2, -0.15) is 0 Å². The molecule has 322 valence electrons. The third-order valence-electron chi connectivity index (χ3n) is 16.3. The molecule has 10 aromatic rings. The molecule has 0 saturated carbocycles. The Kier molecular flexibility index (Phi) is 8.08. The van der Waals surface area contributed by atoms with Crippen molar-refractivity contribution in [3.63, 3.8) is 0 Å². The van der Waals surface area contributed by atoms with Crippen LogP contribution in [0.5, 0.6) is 0 Å². The maximum Gasteiger partial charge on any atom is 0.0725 e. The maximum absolute atomic E-state index is 2.51. The minimum Gasteiger partial charge on any atom is -0.310 e. The summed E-state index contributed by atoms with van der Waals surface area (Å²) in [5, 5.41) is 0. The molecule has 4 aliphatic carbocycles. The van der Waals surface area contributed by atoms with Crippen LogP contribution in [0.1, 0.15) is 72.2 Å². The van der Waals surface area contributed by atoms with Gasteiger partial charge in [0, 0.05) is 27.9 Å². The normalized spacial score (nSPS) is 15.1. The van der Waals surface area contributed by atoms with E-state index in [-0.39, 0.29) is 16.2 Å². The van der Waals surface area contributed by atoms with Crippen molar-refractivity contribution < 1.29 is 0 Å². The van der Waals surface area contributed by atoms with Gasteiger partial charge in [-0.3, -0.25) is 0 Å². The second-order valence-electron chi connectivity index (χ2n) is 20.4. The third kappa shape index (κ3) is 5.17. The monoisotopic (exact) mass is 867 g/mol. The standard InChI is InChI=1S/C67H49N/c1-65(2)58-37-38-59-64(53-23-13-16-26-57(53)67(59)55-24-14-11-21-49(55)50-22-12-15-25-56(50)67)63(58)54-35-30-45(40-61(54)65)44-29-34-51-52-36-33-48(41-62(52)66(3,4)60(51)39-44)68(46-19-9-6-10-20-46)47-31-27-43(28-32-47)42-17-7-5-8-18-42/h5-41H,1-4H3. The Hall–Kier alpha value is -8.00. The van der Waals surface area contributed by atoms with Crippen LogP contribution in [0.3, 0.4) is 0 Å². The van der Waals surface area contributed by atoms with Crippen LogP contribution in [0.15, 0.2) is 224 Å². The van der Waals surface area contributed by atoms with Crippen LogP contribution in [0, 0.1) is 0 Å². The Balaban J connectivity index is 0.855. The Morgan fingerprint density at radius 3 is 1.28 bits per heavy atom. The molecule has 0 aromatic heterocycles. The highest BCUT2D eigenvalue weighted by Crippen LogP contribution is 2.66. The van der Waals surface area contributed by atoms with E-state index >= 15 is 0 Å². The van der Waals surface area contributed by atoms with Gasteiger partial charge in [-0.15, -0.1) is 0 Å². The van der Waals surface area contributed by atoms with Gasteiger partial charge in [-0.25, -0.2) is 0 Å². The zero-order valence-electron chi connectivity index (χ0n) is 38.8. The number of anilines is 3. The molecule has 0 unspecified atom stereocenters. The van der Waals surface area contributed by atoms with E-state index in [1.54, 1.807) is 0 Å². The predicted octanol–water partition coefficient (Wildman–Crippen LogP) is 17.4. The SMILES string of the molecule is CC1(C)c2cc(-c3ccc4c(c3)C(C)(C)c3ccc5c(c3-4)-c3ccccc3C53c4ccccc4-c4ccccc43)ccc2-c2ccc(N(c3ccccc3)c3ccc(-c4ccccc4)cc3)cc21. The Labute approximate surface area is 399 Å². The summed E-state index contributed by atoms with van der Waals surface area (Å²) in [5.41, 5.74) is 29.6. The highest BCUT2D eigenvalue weighted by Gasteiger charge is 2.53. The summed E-state index contributed by atoms with van der Waals surface area (Å²) < 4.78 is 0. The summed E-state index contributed by atoms with van der Waals surface area (Å²) in [7, 11) is 0. The molecule has 1 spiro atoms. The molecule has 0 aliphatic heterocycles. The number of hydrogen-bond donors (Lipinski definition) is 0. The lowest BCUT2D eigenvalue weighted by Gasteiger charge is -2.31. The van der Waals surface area contributed by atoms with Gasteiger partial charge in [-0.1, -0.05) is 204 Å². The van der Waals surface area contributed by atoms with Crippen molar-refractivity contribution >= 4 is 17.1 Å². The fraction of sp³-hybridized carbons (Fsp3) is 0.104. The topological polar surface area (TPSA) is 3.24 Å². The third-order valence-corrected chi connectivity index (χ3v) is 16.3. The van der Waals surface area contributed by atoms with Gasteiger partial charge in [0.15, 0.2) is 0 Å². The van der Waals surface area contributed by atoms with Crippen LogP contribution in [0.4, 0.5) is 17.1 Å². The minimum atomic E-state index is -0.357. The summed E-state index contributed by atoms with van der Waals surface area (Å²) in [6.45, 7) is 9.67. The largest absolute Gasteiger partial charge is 0.310 e. The van der Waals surface area contributed by atoms with Gasteiger partial charge in [-0.05, 0) is 160 Å². The van der Waals surface area contributed by atoms with Crippen LogP contribution in [0.2, 0.25) is 0 Å². The number of fused-ring (bicyclic) bond motifs is 17. The van der Waals surface area contributed by atoms with Gasteiger partial charge < -0.3 is 4.90 Å². The fourth-order valence-corrected chi connectivity index (χ4v) is 13.1. The summed E-state index contributed by atoms with van der Waals surface area (Å²) in [4.78, 5) is 2.39. The second kappa shape index (κ2) is 14.0. The van der Waals surface area contributed by atoms with Crippen molar-refractivity contribution in [1.82, 2.24) is 0 Å². The first kappa shape index (κ1) is 39.2. The van der Waals surface area contributed by atoms with E-state index in [4.69, 9.17) is 0 Å². The van der Waals surface area contributed by atoms with Gasteiger partial charge >= 0.3 is 0 Å². The molecule has 1 nitrogen and oxygen atoms in total. The minimum absolute atomic E-state index is 0.180. The second-order valence-corrected chi connectivity index (χ2v) is 20.4. The lowest BCUT2D eigenvalue weighted by atomic mass is 9.70. The molecule has 0 bridgehead atoms. The van der Waals surface area contributed by atoms with Crippen molar-refractivity contribution in [3.8, 4) is 66.8 Å². The number of rotatable bonds is 5. The highest BCUT2D eigenvalue weighted by molar-refractivity contribution is 6.03. The predicted molar refractivity (Wildman–Crippen MR) is 283 cm³/mol. The number of nitrogens with zero attached hydrogens (tertiary/aromatic N) is 1. The first-order valence-electron chi connectivity index (χ1n) is 24.2. The highest BCUT2D eigenvalue weighted by atomic mass is 15.1. The summed E-state index contributed by atoms with van der Waals surface area (Å²) in [6, 6.07) is 84.4. The van der Waals surface area contributed by atoms with E-state index in [0.717, 1.165) is 17.1 Å². The molecule has 0 fully saturated rings. The maximum atomic E-state index is 2.51. The summed E-state index contributed by atoms with van der Waals surface area (Å²) in [5.74, 6) is 0. The molecule has 4 aliphatic rings. The van der Waals surface area contributed by atoms with Gasteiger partial charge in [0.1, 0.15) is 0 Å². The van der Waals surface area contributed by atoms with Gasteiger partial charge in [0.25, 0.3) is 0 Å². The summed E-state index contributed by atoms with van der Waals surface area (Å²) in [6.07, 6.45) is 0. The molecule has 14 rings (SSSR count). The van der Waals surface area contributed by atoms with E-state index in [2.05, 4.69) is 257 Å². The van der Waals surface area contributed by atoms with Gasteiger partial charge in [0.05, 0.1) is 5.41 Å². The van der Waals surface area contributed by atoms with Crippen molar-refractivity contribution in [2.45, 2.75) is 43.9 Å². The van der Waals surface area contributed by atoms with Gasteiger partial charge in [0.2, 0.25) is 0 Å². The molecule has 0 atom stereocenters. The zero-order valence-corrected chi connectivity index (χ0v) is 38.8. The average Bonchev–Trinajstić information content (AvgIpc) is 4.02. The molecular formula is C67H49N. The molecule has 1 heteroatoms. The van der Waals surface area contributed by atoms with Crippen LogP contribution < -0.4 is 4.90 Å². The molecule has 0 heterocycles. The van der Waals surface area contributed by atoms with Crippen molar-refractivity contribution in [1.29, 1.82) is 0 Å². The van der Waals surface area contributed by atoms with E-state index in [1.807, 2.05) is 0 Å². The first-order valence-corrected chi connectivity index (χ1v) is 24.2. The zero-order chi connectivity index (χ0) is 45.5. The van der Waals surface area contributed by atoms with E-state index < -0.39 is 0 Å². The quantitative estimate of drug-likeness (QED) is 0.167. The molecule has 0 N–H and O–H groups in total. The lowest BCUT2D eigenvalue weighted by molar-refractivity contribution is 0.659. The van der Waals surface area contributed by atoms with E-state index in [0.29, 0.717) is 0 Å². The molecule has 0 amide bonds. The smallest absolute Gasteiger partial charge is 0.0725 e. The Bertz CT molecular complexity index is 3680. The fourth-order valence-electron chi connectivity index (χ4n) is 13.1. The molecular weight excluding hydrogens is 819 g/mol.